The molecule has 124 valence electrons. The smallest absolute Gasteiger partial charge is 0.143 e. The van der Waals surface area contributed by atoms with Crippen molar-refractivity contribution in [3.8, 4) is 11.1 Å². The number of benzene rings is 1. The van der Waals surface area contributed by atoms with Gasteiger partial charge in [0.2, 0.25) is 0 Å². The van der Waals surface area contributed by atoms with Crippen molar-refractivity contribution in [3.05, 3.63) is 41.8 Å². The third-order valence-electron chi connectivity index (χ3n) is 4.89. The standard InChI is InChI=1S/C19H21ClN4/c20-15-8-4-7-14(9-15)16-11-22-19-17(16)18(23-12-24-19)21-10-13-5-2-1-3-6-13/h4,7-9,11-13H,1-3,5-6,10H2,(H2,21,22,23,24). The van der Waals surface area contributed by atoms with Crippen LogP contribution in [0.4, 0.5) is 5.82 Å². The number of halogens is 1. The maximum atomic E-state index is 6.16. The number of nitrogens with zero attached hydrogens (tertiary/aromatic N) is 2. The molecule has 3 aromatic rings. The summed E-state index contributed by atoms with van der Waals surface area (Å²) in [4.78, 5) is 12.1. The van der Waals surface area contributed by atoms with E-state index in [2.05, 4.69) is 26.3 Å². The molecule has 1 fully saturated rings. The van der Waals surface area contributed by atoms with E-state index < -0.39 is 0 Å². The Morgan fingerprint density at radius 3 is 2.88 bits per heavy atom. The number of rotatable bonds is 4. The van der Waals surface area contributed by atoms with Crippen LogP contribution in [-0.2, 0) is 0 Å². The minimum Gasteiger partial charge on any atom is -0.369 e. The van der Waals surface area contributed by atoms with E-state index in [0.29, 0.717) is 0 Å². The first-order valence-corrected chi connectivity index (χ1v) is 9.01. The molecule has 5 heteroatoms. The van der Waals surface area contributed by atoms with Gasteiger partial charge in [0.25, 0.3) is 0 Å². The maximum absolute atomic E-state index is 6.16. The third-order valence-corrected chi connectivity index (χ3v) is 5.12. The number of nitrogens with one attached hydrogen (secondary N) is 2. The highest BCUT2D eigenvalue weighted by Gasteiger charge is 2.16. The number of anilines is 1. The molecular formula is C19H21ClN4. The molecule has 2 aromatic heterocycles. The maximum Gasteiger partial charge on any atom is 0.143 e. The molecule has 4 rings (SSSR count). The Morgan fingerprint density at radius 1 is 1.17 bits per heavy atom. The molecule has 0 radical (unpaired) electrons. The number of hydrogen-bond donors (Lipinski definition) is 2. The third kappa shape index (κ3) is 3.11. The van der Waals surface area contributed by atoms with Gasteiger partial charge in [-0.3, -0.25) is 0 Å². The molecule has 4 nitrogen and oxygen atoms in total. The molecule has 2 N–H and O–H groups in total. The molecule has 1 aliphatic rings. The summed E-state index contributed by atoms with van der Waals surface area (Å²) in [5, 5.41) is 5.33. The van der Waals surface area contributed by atoms with Gasteiger partial charge in [-0.05, 0) is 36.5 Å². The molecule has 0 spiro atoms. The molecular weight excluding hydrogens is 320 g/mol. The molecule has 24 heavy (non-hydrogen) atoms. The van der Waals surface area contributed by atoms with E-state index in [4.69, 9.17) is 11.6 Å². The van der Waals surface area contributed by atoms with Crippen LogP contribution in [0, 0.1) is 5.92 Å². The van der Waals surface area contributed by atoms with Crippen molar-refractivity contribution in [2.24, 2.45) is 5.92 Å². The van der Waals surface area contributed by atoms with Gasteiger partial charge in [-0.2, -0.15) is 0 Å². The Labute approximate surface area is 146 Å². The number of aromatic nitrogens is 3. The second-order valence-electron chi connectivity index (χ2n) is 6.54. The fourth-order valence-electron chi connectivity index (χ4n) is 3.61. The van der Waals surface area contributed by atoms with Crippen molar-refractivity contribution in [2.75, 3.05) is 11.9 Å². The molecule has 2 heterocycles. The summed E-state index contributed by atoms with van der Waals surface area (Å²) in [5.41, 5.74) is 3.01. The molecule has 0 bridgehead atoms. The summed E-state index contributed by atoms with van der Waals surface area (Å²) in [6.45, 7) is 0.978. The second kappa shape index (κ2) is 6.81. The highest BCUT2D eigenvalue weighted by atomic mass is 35.5. The molecule has 0 saturated heterocycles. The Morgan fingerprint density at radius 2 is 2.04 bits per heavy atom. The van der Waals surface area contributed by atoms with E-state index in [1.807, 2.05) is 24.4 Å². The van der Waals surface area contributed by atoms with Crippen molar-refractivity contribution in [3.63, 3.8) is 0 Å². The zero-order valence-electron chi connectivity index (χ0n) is 13.6. The fourth-order valence-corrected chi connectivity index (χ4v) is 3.80. The minimum absolute atomic E-state index is 0.732. The van der Waals surface area contributed by atoms with E-state index in [0.717, 1.165) is 45.5 Å². The average Bonchev–Trinajstić information content (AvgIpc) is 3.05. The molecule has 0 unspecified atom stereocenters. The first kappa shape index (κ1) is 15.5. The lowest BCUT2D eigenvalue weighted by Crippen LogP contribution is -2.17. The topological polar surface area (TPSA) is 53.6 Å². The van der Waals surface area contributed by atoms with Crippen LogP contribution in [0.15, 0.2) is 36.8 Å². The summed E-state index contributed by atoms with van der Waals surface area (Å²) in [6.07, 6.45) is 10.3. The molecule has 1 aliphatic carbocycles. The predicted molar refractivity (Wildman–Crippen MR) is 99.4 cm³/mol. The molecule has 0 amide bonds. The van der Waals surface area contributed by atoms with Gasteiger partial charge in [0.15, 0.2) is 0 Å². The van der Waals surface area contributed by atoms with Gasteiger partial charge in [-0.15, -0.1) is 0 Å². The van der Waals surface area contributed by atoms with Gasteiger partial charge < -0.3 is 10.3 Å². The Bertz CT molecular complexity index is 836. The van der Waals surface area contributed by atoms with Crippen LogP contribution in [0.3, 0.4) is 0 Å². The van der Waals surface area contributed by atoms with Crippen molar-refractivity contribution < 1.29 is 0 Å². The van der Waals surface area contributed by atoms with Gasteiger partial charge in [-0.1, -0.05) is 43.0 Å². The van der Waals surface area contributed by atoms with Gasteiger partial charge in [0.1, 0.15) is 17.8 Å². The summed E-state index contributed by atoms with van der Waals surface area (Å²) >= 11 is 6.16. The zero-order valence-corrected chi connectivity index (χ0v) is 14.3. The van der Waals surface area contributed by atoms with Crippen molar-refractivity contribution in [2.45, 2.75) is 32.1 Å². The summed E-state index contributed by atoms with van der Waals surface area (Å²) < 4.78 is 0. The van der Waals surface area contributed by atoms with Crippen LogP contribution in [0.1, 0.15) is 32.1 Å². The van der Waals surface area contributed by atoms with Crippen LogP contribution in [-0.4, -0.2) is 21.5 Å². The number of fused-ring (bicyclic) bond motifs is 1. The van der Waals surface area contributed by atoms with E-state index in [-0.39, 0.29) is 0 Å². The molecule has 1 aromatic carbocycles. The van der Waals surface area contributed by atoms with Crippen LogP contribution < -0.4 is 5.32 Å². The second-order valence-corrected chi connectivity index (χ2v) is 6.98. The average molecular weight is 341 g/mol. The fraction of sp³-hybridized carbons (Fsp3) is 0.368. The number of aromatic amines is 1. The predicted octanol–water partition coefficient (Wildman–Crippen LogP) is 5.27. The first-order chi connectivity index (χ1) is 11.8. The lowest BCUT2D eigenvalue weighted by Gasteiger charge is -2.22. The van der Waals surface area contributed by atoms with Crippen LogP contribution >= 0.6 is 11.6 Å². The minimum atomic E-state index is 0.732. The van der Waals surface area contributed by atoms with Gasteiger partial charge >= 0.3 is 0 Å². The zero-order chi connectivity index (χ0) is 16.4. The lowest BCUT2D eigenvalue weighted by molar-refractivity contribution is 0.373. The van der Waals surface area contributed by atoms with Crippen LogP contribution in [0.25, 0.3) is 22.2 Å². The highest BCUT2D eigenvalue weighted by molar-refractivity contribution is 6.31. The van der Waals surface area contributed by atoms with Gasteiger partial charge in [0.05, 0.1) is 5.39 Å². The molecule has 0 aliphatic heterocycles. The van der Waals surface area contributed by atoms with Crippen molar-refractivity contribution >= 4 is 28.5 Å². The Kier molecular flexibility index (Phi) is 4.39. The highest BCUT2D eigenvalue weighted by Crippen LogP contribution is 2.33. The van der Waals surface area contributed by atoms with E-state index in [1.54, 1.807) is 6.33 Å². The Balaban J connectivity index is 1.66. The number of H-pyrrole nitrogens is 1. The van der Waals surface area contributed by atoms with E-state index >= 15 is 0 Å². The summed E-state index contributed by atoms with van der Waals surface area (Å²) in [7, 11) is 0. The van der Waals surface area contributed by atoms with E-state index in [1.165, 1.54) is 32.1 Å². The van der Waals surface area contributed by atoms with Gasteiger partial charge in [0, 0.05) is 23.3 Å². The van der Waals surface area contributed by atoms with E-state index in [9.17, 15) is 0 Å². The quantitative estimate of drug-likeness (QED) is 0.680. The van der Waals surface area contributed by atoms with Crippen molar-refractivity contribution in [1.29, 1.82) is 0 Å². The van der Waals surface area contributed by atoms with Crippen LogP contribution in [0.2, 0.25) is 5.02 Å². The first-order valence-electron chi connectivity index (χ1n) is 8.63. The SMILES string of the molecule is Clc1cccc(-c2c[nH]c3ncnc(NCC4CCCCC4)c23)c1. The monoisotopic (exact) mass is 340 g/mol. The normalized spacial score (nSPS) is 15.7. The molecule has 1 saturated carbocycles. The lowest BCUT2D eigenvalue weighted by atomic mass is 9.89. The van der Waals surface area contributed by atoms with Crippen LogP contribution in [0.5, 0.6) is 0 Å². The summed E-state index contributed by atoms with van der Waals surface area (Å²) in [6, 6.07) is 7.89. The Hall–Kier alpha value is -2.07. The van der Waals surface area contributed by atoms with Gasteiger partial charge in [-0.25, -0.2) is 9.97 Å². The summed E-state index contributed by atoms with van der Waals surface area (Å²) in [5.74, 6) is 1.65. The molecule has 0 atom stereocenters. The van der Waals surface area contributed by atoms with Crippen molar-refractivity contribution in [1.82, 2.24) is 15.0 Å². The number of hydrogen-bond acceptors (Lipinski definition) is 3. The largest absolute Gasteiger partial charge is 0.369 e.